The van der Waals surface area contributed by atoms with Gasteiger partial charge in [-0.15, -0.1) is 0 Å². The third-order valence-electron chi connectivity index (χ3n) is 4.14. The molecule has 8 heteroatoms. The Labute approximate surface area is 179 Å². The monoisotopic (exact) mass is 419 g/mol. The third kappa shape index (κ3) is 6.40. The van der Waals surface area contributed by atoms with Crippen LogP contribution in [0.15, 0.2) is 72.9 Å². The number of nitrogens with one attached hydrogen (secondary N) is 2. The lowest BCUT2D eigenvalue weighted by Gasteiger charge is -2.08. The highest BCUT2D eigenvalue weighted by Gasteiger charge is 2.09. The predicted octanol–water partition coefficient (Wildman–Crippen LogP) is 3.80. The van der Waals surface area contributed by atoms with E-state index in [1.54, 1.807) is 55.6 Å². The Morgan fingerprint density at radius 2 is 1.65 bits per heavy atom. The molecule has 0 aliphatic carbocycles. The second-order valence-electron chi connectivity index (χ2n) is 6.36. The molecule has 0 fully saturated rings. The van der Waals surface area contributed by atoms with Crippen LogP contribution in [-0.2, 0) is 11.3 Å². The summed E-state index contributed by atoms with van der Waals surface area (Å²) in [5, 5.41) is 5.58. The summed E-state index contributed by atoms with van der Waals surface area (Å²) >= 11 is 0. The predicted molar refractivity (Wildman–Crippen MR) is 114 cm³/mol. The minimum absolute atomic E-state index is 0.217. The third-order valence-corrected chi connectivity index (χ3v) is 4.14. The van der Waals surface area contributed by atoms with Crippen molar-refractivity contribution >= 4 is 23.7 Å². The van der Waals surface area contributed by atoms with E-state index in [9.17, 15) is 14.4 Å². The Bertz CT molecular complexity index is 1040. The molecule has 3 rings (SSSR count). The number of benzene rings is 2. The molecule has 0 aliphatic rings. The molecule has 158 valence electrons. The maximum atomic E-state index is 12.4. The lowest BCUT2D eigenvalue weighted by atomic mass is 10.1. The van der Waals surface area contributed by atoms with Crippen molar-refractivity contribution in [3.05, 3.63) is 89.7 Å². The molecule has 2 N–H and O–H groups in total. The van der Waals surface area contributed by atoms with Crippen LogP contribution in [0.25, 0.3) is 0 Å². The molecule has 2 amide bonds. The molecule has 0 aliphatic heterocycles. The molecule has 0 unspecified atom stereocenters. The van der Waals surface area contributed by atoms with Crippen LogP contribution in [0.1, 0.15) is 33.3 Å². The zero-order chi connectivity index (χ0) is 22.1. The fourth-order valence-corrected chi connectivity index (χ4v) is 2.60. The number of nitrogens with zero attached hydrogens (tertiary/aromatic N) is 1. The molecule has 2 aromatic carbocycles. The first-order valence-electron chi connectivity index (χ1n) is 9.59. The molecule has 1 heterocycles. The summed E-state index contributed by atoms with van der Waals surface area (Å²) in [4.78, 5) is 39.7. The molecule has 8 nitrogen and oxygen atoms in total. The van der Waals surface area contributed by atoms with Crippen LogP contribution in [0.5, 0.6) is 5.75 Å². The summed E-state index contributed by atoms with van der Waals surface area (Å²) in [5.74, 6) is -0.278. The van der Waals surface area contributed by atoms with Gasteiger partial charge in [0.15, 0.2) is 0 Å². The highest BCUT2D eigenvalue weighted by molar-refractivity contribution is 6.04. The Morgan fingerprint density at radius 3 is 2.29 bits per heavy atom. The summed E-state index contributed by atoms with van der Waals surface area (Å²) in [5.41, 5.74) is 2.24. The summed E-state index contributed by atoms with van der Waals surface area (Å²) in [7, 11) is 0. The van der Waals surface area contributed by atoms with Crippen molar-refractivity contribution in [1.29, 1.82) is 0 Å². The van der Waals surface area contributed by atoms with Gasteiger partial charge in [-0.05, 0) is 61.0 Å². The van der Waals surface area contributed by atoms with Crippen molar-refractivity contribution in [2.45, 2.75) is 13.5 Å². The van der Waals surface area contributed by atoms with Gasteiger partial charge in [-0.2, -0.15) is 0 Å². The van der Waals surface area contributed by atoms with Gasteiger partial charge < -0.3 is 20.1 Å². The summed E-state index contributed by atoms with van der Waals surface area (Å²) in [6, 6.07) is 18.4. The normalized spacial score (nSPS) is 10.1. The molecule has 0 saturated carbocycles. The van der Waals surface area contributed by atoms with E-state index in [2.05, 4.69) is 15.6 Å². The first kappa shape index (κ1) is 21.5. The van der Waals surface area contributed by atoms with Gasteiger partial charge in [-0.1, -0.05) is 18.2 Å². The number of ether oxygens (including phenoxy) is 2. The number of pyridine rings is 1. The van der Waals surface area contributed by atoms with Gasteiger partial charge in [0.2, 0.25) is 0 Å². The van der Waals surface area contributed by atoms with Crippen molar-refractivity contribution < 1.29 is 23.9 Å². The SMILES string of the molecule is CCOC(=O)Oc1ccc(C(=O)Nc2ccc(CNC(=O)c3ccccn3)cc2)cc1. The van der Waals surface area contributed by atoms with Crippen LogP contribution >= 0.6 is 0 Å². The molecule has 0 radical (unpaired) electrons. The van der Waals surface area contributed by atoms with Crippen molar-refractivity contribution in [1.82, 2.24) is 10.3 Å². The van der Waals surface area contributed by atoms with E-state index in [1.807, 2.05) is 12.1 Å². The van der Waals surface area contributed by atoms with Crippen LogP contribution in [0.3, 0.4) is 0 Å². The maximum Gasteiger partial charge on any atom is 0.513 e. The molecular weight excluding hydrogens is 398 g/mol. The molecule has 0 spiro atoms. The Morgan fingerprint density at radius 1 is 0.903 bits per heavy atom. The van der Waals surface area contributed by atoms with Crippen molar-refractivity contribution in [2.75, 3.05) is 11.9 Å². The van der Waals surface area contributed by atoms with Gasteiger partial charge >= 0.3 is 6.16 Å². The average molecular weight is 419 g/mol. The standard InChI is InChI=1S/C23H21N3O5/c1-2-30-23(29)31-19-12-8-17(9-13-19)21(27)26-18-10-6-16(7-11-18)15-25-22(28)20-5-3-4-14-24-20/h3-14H,2,15H2,1H3,(H,25,28)(H,26,27). The van der Waals surface area contributed by atoms with E-state index in [1.165, 1.54) is 12.1 Å². The largest absolute Gasteiger partial charge is 0.513 e. The molecule has 1 aromatic heterocycles. The van der Waals surface area contributed by atoms with E-state index in [4.69, 9.17) is 9.47 Å². The minimum Gasteiger partial charge on any atom is -0.434 e. The van der Waals surface area contributed by atoms with Crippen LogP contribution in [0, 0.1) is 0 Å². The van der Waals surface area contributed by atoms with Gasteiger partial charge in [0.05, 0.1) is 6.61 Å². The number of carbonyl (C=O) groups is 3. The van der Waals surface area contributed by atoms with Crippen LogP contribution in [0.2, 0.25) is 0 Å². The highest BCUT2D eigenvalue weighted by Crippen LogP contribution is 2.15. The Kier molecular flexibility index (Phi) is 7.31. The summed E-state index contributed by atoms with van der Waals surface area (Å²) < 4.78 is 9.66. The number of carbonyl (C=O) groups excluding carboxylic acids is 3. The van der Waals surface area contributed by atoms with Crippen molar-refractivity contribution in [3.63, 3.8) is 0 Å². The second-order valence-corrected chi connectivity index (χ2v) is 6.36. The van der Waals surface area contributed by atoms with Crippen molar-refractivity contribution in [3.8, 4) is 5.75 Å². The molecule has 0 saturated heterocycles. The first-order valence-corrected chi connectivity index (χ1v) is 9.59. The maximum absolute atomic E-state index is 12.4. The molecule has 3 aromatic rings. The number of anilines is 1. The van der Waals surface area contributed by atoms with E-state index in [0.29, 0.717) is 23.5 Å². The van der Waals surface area contributed by atoms with Crippen LogP contribution in [0.4, 0.5) is 10.5 Å². The van der Waals surface area contributed by atoms with Gasteiger partial charge in [0, 0.05) is 24.0 Å². The smallest absolute Gasteiger partial charge is 0.434 e. The fourth-order valence-electron chi connectivity index (χ4n) is 2.60. The van der Waals surface area contributed by atoms with Gasteiger partial charge in [0.1, 0.15) is 11.4 Å². The van der Waals surface area contributed by atoms with Crippen molar-refractivity contribution in [2.24, 2.45) is 0 Å². The first-order chi connectivity index (χ1) is 15.0. The Balaban J connectivity index is 1.51. The lowest BCUT2D eigenvalue weighted by Crippen LogP contribution is -2.23. The number of amides is 2. The van der Waals surface area contributed by atoms with Gasteiger partial charge in [-0.25, -0.2) is 4.79 Å². The van der Waals surface area contributed by atoms with Crippen LogP contribution in [-0.4, -0.2) is 29.6 Å². The lowest BCUT2D eigenvalue weighted by molar-refractivity contribution is 0.0944. The number of hydrogen-bond acceptors (Lipinski definition) is 6. The molecular formula is C23H21N3O5. The number of rotatable bonds is 7. The highest BCUT2D eigenvalue weighted by atomic mass is 16.7. The number of aromatic nitrogens is 1. The zero-order valence-corrected chi connectivity index (χ0v) is 16.8. The zero-order valence-electron chi connectivity index (χ0n) is 16.8. The average Bonchev–Trinajstić information content (AvgIpc) is 2.79. The number of hydrogen-bond donors (Lipinski definition) is 2. The van der Waals surface area contributed by atoms with E-state index in [0.717, 1.165) is 5.56 Å². The molecule has 0 bridgehead atoms. The van der Waals surface area contributed by atoms with Gasteiger partial charge in [-0.3, -0.25) is 14.6 Å². The van der Waals surface area contributed by atoms with E-state index >= 15 is 0 Å². The van der Waals surface area contributed by atoms with E-state index < -0.39 is 6.16 Å². The Hall–Kier alpha value is -4.20. The minimum atomic E-state index is -0.795. The molecule has 31 heavy (non-hydrogen) atoms. The fraction of sp³-hybridized carbons (Fsp3) is 0.130. The van der Waals surface area contributed by atoms with Crippen LogP contribution < -0.4 is 15.4 Å². The topological polar surface area (TPSA) is 107 Å². The summed E-state index contributed by atoms with van der Waals surface area (Å²) in [6.07, 6.45) is 0.767. The summed E-state index contributed by atoms with van der Waals surface area (Å²) in [6.45, 7) is 2.24. The second kappa shape index (κ2) is 10.5. The molecule has 0 atom stereocenters. The quantitative estimate of drug-likeness (QED) is 0.446. The van der Waals surface area contributed by atoms with E-state index in [-0.39, 0.29) is 24.2 Å². The van der Waals surface area contributed by atoms with Gasteiger partial charge in [0.25, 0.3) is 11.8 Å².